The molecule has 0 unspecified atom stereocenters. The predicted octanol–water partition coefficient (Wildman–Crippen LogP) is 7.27. The fraction of sp³-hybridized carbons (Fsp3) is 0.421. The van der Waals surface area contributed by atoms with Gasteiger partial charge in [-0.1, -0.05) is 55.5 Å². The number of benzene rings is 3. The Hall–Kier alpha value is -4.07. The Morgan fingerprint density at radius 2 is 1.71 bits per heavy atom. The number of halogens is 4. The SMILES string of the molecule is CCS(=O)(=O)c1cc2c(C(=O)N[C@H](c3ccccc3)C(F)(F)F)c(CN3CCC(N4CCCC4)CC3)c(-c3cccc(CF)c3)nc2cc1OC. The smallest absolute Gasteiger partial charge is 0.412 e. The van der Waals surface area contributed by atoms with Crippen molar-refractivity contribution in [1.29, 1.82) is 0 Å². The van der Waals surface area contributed by atoms with E-state index in [1.54, 1.807) is 30.3 Å². The minimum atomic E-state index is -4.85. The van der Waals surface area contributed by atoms with Gasteiger partial charge in [-0.05, 0) is 75.1 Å². The highest BCUT2D eigenvalue weighted by Gasteiger charge is 2.43. The molecule has 0 radical (unpaired) electrons. The van der Waals surface area contributed by atoms with Crippen LogP contribution in [0.25, 0.3) is 22.2 Å². The molecule has 0 spiro atoms. The number of sulfone groups is 1. The van der Waals surface area contributed by atoms with Crippen LogP contribution in [0.1, 0.15) is 65.7 Å². The molecule has 6 rings (SSSR count). The summed E-state index contributed by atoms with van der Waals surface area (Å²) in [6.07, 6.45) is -0.739. The van der Waals surface area contributed by atoms with E-state index >= 15 is 0 Å². The van der Waals surface area contributed by atoms with Gasteiger partial charge in [0.1, 0.15) is 17.3 Å². The normalized spacial score (nSPS) is 17.1. The number of likely N-dealkylation sites (tertiary alicyclic amines) is 2. The van der Waals surface area contributed by atoms with Crippen LogP contribution in [0.2, 0.25) is 0 Å². The van der Waals surface area contributed by atoms with E-state index in [9.17, 15) is 30.8 Å². The maximum Gasteiger partial charge on any atom is 0.412 e. The molecule has 2 fully saturated rings. The van der Waals surface area contributed by atoms with Crippen molar-refractivity contribution in [3.8, 4) is 17.0 Å². The Morgan fingerprint density at radius 1 is 1.00 bits per heavy atom. The predicted molar refractivity (Wildman–Crippen MR) is 188 cm³/mol. The molecule has 2 aliphatic rings. The molecule has 2 aliphatic heterocycles. The quantitative estimate of drug-likeness (QED) is 0.163. The number of carbonyl (C=O) groups is 1. The van der Waals surface area contributed by atoms with Gasteiger partial charge in [-0.3, -0.25) is 9.69 Å². The first-order chi connectivity index (χ1) is 24.4. The largest absolute Gasteiger partial charge is 0.495 e. The molecule has 1 aromatic heterocycles. The molecule has 1 N–H and O–H groups in total. The summed E-state index contributed by atoms with van der Waals surface area (Å²) in [5, 5.41) is 2.32. The summed E-state index contributed by atoms with van der Waals surface area (Å²) in [6, 6.07) is 14.4. The monoisotopic (exact) mass is 726 g/mol. The second-order valence-corrected chi connectivity index (χ2v) is 15.4. The maximum absolute atomic E-state index is 14.7. The number of nitrogens with one attached hydrogen (secondary N) is 1. The van der Waals surface area contributed by atoms with Crippen molar-refractivity contribution in [1.82, 2.24) is 20.1 Å². The van der Waals surface area contributed by atoms with E-state index in [-0.39, 0.29) is 45.0 Å². The molecule has 0 aliphatic carbocycles. The third-order valence-corrected chi connectivity index (χ3v) is 11.7. The first-order valence-corrected chi connectivity index (χ1v) is 18.9. The summed E-state index contributed by atoms with van der Waals surface area (Å²) < 4.78 is 90.0. The van der Waals surface area contributed by atoms with Crippen LogP contribution >= 0.6 is 0 Å². The van der Waals surface area contributed by atoms with Crippen molar-refractivity contribution in [3.63, 3.8) is 0 Å². The van der Waals surface area contributed by atoms with Crippen LogP contribution in [-0.2, 0) is 23.1 Å². The van der Waals surface area contributed by atoms with Crippen molar-refractivity contribution < 1.29 is 35.5 Å². The molecule has 0 saturated carbocycles. The highest BCUT2D eigenvalue weighted by molar-refractivity contribution is 7.91. The number of amides is 1. The summed E-state index contributed by atoms with van der Waals surface area (Å²) in [4.78, 5) is 23.9. The number of hydrogen-bond acceptors (Lipinski definition) is 7. The number of ether oxygens (including phenoxy) is 1. The zero-order valence-corrected chi connectivity index (χ0v) is 29.5. The average molecular weight is 727 g/mol. The number of pyridine rings is 1. The highest BCUT2D eigenvalue weighted by Crippen LogP contribution is 2.39. The molecule has 1 amide bonds. The number of aromatic nitrogens is 1. The topological polar surface area (TPSA) is 91.8 Å². The minimum absolute atomic E-state index is 0.0131. The third-order valence-electron chi connectivity index (χ3n) is 10.00. The van der Waals surface area contributed by atoms with Crippen molar-refractivity contribution >= 4 is 26.6 Å². The molecule has 51 heavy (non-hydrogen) atoms. The molecular weight excluding hydrogens is 685 g/mol. The van der Waals surface area contributed by atoms with Crippen molar-refractivity contribution in [2.45, 2.75) is 69.0 Å². The van der Waals surface area contributed by atoms with Crippen LogP contribution < -0.4 is 10.1 Å². The van der Waals surface area contributed by atoms with Crippen LogP contribution in [-0.4, -0.2) is 80.4 Å². The Kier molecular flexibility index (Phi) is 11.0. The van der Waals surface area contributed by atoms with Crippen molar-refractivity contribution in [3.05, 3.63) is 89.0 Å². The number of methoxy groups -OCH3 is 1. The summed E-state index contributed by atoms with van der Waals surface area (Å²) in [6.45, 7) is 4.34. The molecule has 1 atom stereocenters. The van der Waals surface area contributed by atoms with Gasteiger partial charge in [-0.2, -0.15) is 13.2 Å². The highest BCUT2D eigenvalue weighted by atomic mass is 32.2. The Labute approximate surface area is 295 Å². The van der Waals surface area contributed by atoms with Crippen molar-refractivity contribution in [2.75, 3.05) is 39.0 Å². The molecule has 4 aromatic rings. The van der Waals surface area contributed by atoms with E-state index in [4.69, 9.17) is 9.72 Å². The molecule has 8 nitrogen and oxygen atoms in total. The van der Waals surface area contributed by atoms with Gasteiger partial charge in [0.25, 0.3) is 5.91 Å². The molecule has 272 valence electrons. The minimum Gasteiger partial charge on any atom is -0.495 e. The van der Waals surface area contributed by atoms with E-state index in [2.05, 4.69) is 15.1 Å². The second-order valence-electron chi connectivity index (χ2n) is 13.2. The molecular formula is C38H42F4N4O4S. The number of piperidine rings is 1. The second kappa shape index (κ2) is 15.3. The Morgan fingerprint density at radius 3 is 2.33 bits per heavy atom. The van der Waals surface area contributed by atoms with Gasteiger partial charge in [0.2, 0.25) is 0 Å². The van der Waals surface area contributed by atoms with E-state index in [1.807, 2.05) is 0 Å². The van der Waals surface area contributed by atoms with Gasteiger partial charge < -0.3 is 15.0 Å². The molecule has 3 aromatic carbocycles. The fourth-order valence-electron chi connectivity index (χ4n) is 7.30. The number of hydrogen-bond donors (Lipinski definition) is 1. The van der Waals surface area contributed by atoms with E-state index < -0.39 is 34.6 Å². The lowest BCUT2D eigenvalue weighted by molar-refractivity contribution is -0.155. The molecule has 2 saturated heterocycles. The van der Waals surface area contributed by atoms with Crippen LogP contribution in [0.5, 0.6) is 5.75 Å². The molecule has 0 bridgehead atoms. The number of alkyl halides is 4. The third kappa shape index (κ3) is 7.90. The first kappa shape index (κ1) is 36.7. The lowest BCUT2D eigenvalue weighted by atomic mass is 9.93. The van der Waals surface area contributed by atoms with Crippen LogP contribution in [0.3, 0.4) is 0 Å². The Balaban J connectivity index is 1.56. The Bertz CT molecular complexity index is 1980. The summed E-state index contributed by atoms with van der Waals surface area (Å²) in [5.74, 6) is -1.33. The lowest BCUT2D eigenvalue weighted by Gasteiger charge is -2.37. The van der Waals surface area contributed by atoms with Gasteiger partial charge >= 0.3 is 6.18 Å². The number of carbonyl (C=O) groups excluding carboxylic acids is 1. The van der Waals surface area contributed by atoms with Crippen molar-refractivity contribution in [2.24, 2.45) is 0 Å². The van der Waals surface area contributed by atoms with E-state index in [1.165, 1.54) is 63.3 Å². The first-order valence-electron chi connectivity index (χ1n) is 17.2. The van der Waals surface area contributed by atoms with Crippen LogP contribution in [0.15, 0.2) is 71.6 Å². The number of nitrogens with zero attached hydrogens (tertiary/aromatic N) is 3. The maximum atomic E-state index is 14.7. The molecule has 13 heteroatoms. The van der Waals surface area contributed by atoms with E-state index in [0.717, 1.165) is 25.9 Å². The van der Waals surface area contributed by atoms with E-state index in [0.29, 0.717) is 41.5 Å². The van der Waals surface area contributed by atoms with Gasteiger partial charge in [-0.25, -0.2) is 17.8 Å². The lowest BCUT2D eigenvalue weighted by Crippen LogP contribution is -2.44. The zero-order chi connectivity index (χ0) is 36.3. The van der Waals surface area contributed by atoms with Gasteiger partial charge in [-0.15, -0.1) is 0 Å². The number of rotatable bonds is 11. The fourth-order valence-corrected chi connectivity index (χ4v) is 8.36. The zero-order valence-electron chi connectivity index (χ0n) is 28.7. The summed E-state index contributed by atoms with van der Waals surface area (Å²) >= 11 is 0. The van der Waals surface area contributed by atoms with Gasteiger partial charge in [0, 0.05) is 35.2 Å². The van der Waals surface area contributed by atoms with Crippen LogP contribution in [0.4, 0.5) is 17.6 Å². The average Bonchev–Trinajstić information content (AvgIpc) is 3.68. The summed E-state index contributed by atoms with van der Waals surface area (Å²) in [7, 11) is -2.60. The molecule has 3 heterocycles. The standard InChI is InChI=1S/C38H42F4N4O4S/c1-3-51(48,49)33-21-29-31(22-32(33)50-2)43-35(27-13-9-10-25(20-27)23-39)30(24-45-18-14-28(15-19-45)46-16-7-8-17-46)34(29)37(47)44-36(38(40,41)42)26-11-5-4-6-12-26/h4-6,9-13,20-22,28,36H,3,7-8,14-19,23-24H2,1-2H3,(H,44,47)/t36-/m1/s1. The van der Waals surface area contributed by atoms with Crippen LogP contribution in [0, 0.1) is 0 Å². The summed E-state index contributed by atoms with van der Waals surface area (Å²) in [5.41, 5.74) is 1.32. The number of fused-ring (bicyclic) bond motifs is 1. The van der Waals surface area contributed by atoms with Gasteiger partial charge in [0.15, 0.2) is 15.9 Å². The van der Waals surface area contributed by atoms with Gasteiger partial charge in [0.05, 0.1) is 29.6 Å².